The first kappa shape index (κ1) is 15.7. The average Bonchev–Trinajstić information content (AvgIpc) is 2.64. The fourth-order valence-corrected chi connectivity index (χ4v) is 2.07. The standard InChI is InChI=1S/C19H16N2O3/c22-19(24-13-12-23-16-6-2-1-3-7-16)11-10-15-14-20-17-8-4-5-9-18(17)21-15/h1-11,14H,12-13H2/b11-10+. The summed E-state index contributed by atoms with van der Waals surface area (Å²) in [7, 11) is 0. The molecule has 0 fully saturated rings. The van der Waals surface area contributed by atoms with Gasteiger partial charge in [-0.25, -0.2) is 9.78 Å². The Bertz CT molecular complexity index is 847. The molecular formula is C19H16N2O3. The molecule has 0 saturated heterocycles. The highest BCUT2D eigenvalue weighted by molar-refractivity contribution is 5.87. The minimum atomic E-state index is -0.443. The number of ether oxygens (including phenoxy) is 2. The minimum absolute atomic E-state index is 0.182. The number of nitrogens with zero attached hydrogens (tertiary/aromatic N) is 2. The fourth-order valence-electron chi connectivity index (χ4n) is 2.07. The first-order chi connectivity index (χ1) is 11.8. The highest BCUT2D eigenvalue weighted by Crippen LogP contribution is 2.09. The summed E-state index contributed by atoms with van der Waals surface area (Å²) in [5.74, 6) is 0.303. The van der Waals surface area contributed by atoms with E-state index in [-0.39, 0.29) is 6.61 Å². The number of hydrogen-bond donors (Lipinski definition) is 0. The Morgan fingerprint density at radius 3 is 2.54 bits per heavy atom. The van der Waals surface area contributed by atoms with Crippen LogP contribution >= 0.6 is 0 Å². The summed E-state index contributed by atoms with van der Waals surface area (Å²) in [5, 5.41) is 0. The average molecular weight is 320 g/mol. The molecule has 3 aromatic rings. The number of esters is 1. The van der Waals surface area contributed by atoms with E-state index < -0.39 is 5.97 Å². The van der Waals surface area contributed by atoms with Crippen LogP contribution in [-0.2, 0) is 9.53 Å². The smallest absolute Gasteiger partial charge is 0.330 e. The van der Waals surface area contributed by atoms with E-state index in [9.17, 15) is 4.79 Å². The van der Waals surface area contributed by atoms with Crippen molar-refractivity contribution in [1.29, 1.82) is 0 Å². The third kappa shape index (κ3) is 4.39. The molecule has 0 radical (unpaired) electrons. The van der Waals surface area contributed by atoms with Crippen LogP contribution in [0.3, 0.4) is 0 Å². The van der Waals surface area contributed by atoms with Gasteiger partial charge in [-0.3, -0.25) is 4.98 Å². The van der Waals surface area contributed by atoms with Gasteiger partial charge in [-0.2, -0.15) is 0 Å². The molecule has 5 heteroatoms. The highest BCUT2D eigenvalue weighted by atomic mass is 16.6. The molecule has 5 nitrogen and oxygen atoms in total. The predicted molar refractivity (Wildman–Crippen MR) is 91.5 cm³/mol. The molecule has 3 rings (SSSR count). The van der Waals surface area contributed by atoms with Crippen LogP contribution in [0.4, 0.5) is 0 Å². The van der Waals surface area contributed by atoms with Crippen molar-refractivity contribution in [3.8, 4) is 5.75 Å². The van der Waals surface area contributed by atoms with Crippen molar-refractivity contribution < 1.29 is 14.3 Å². The van der Waals surface area contributed by atoms with Crippen LogP contribution < -0.4 is 4.74 Å². The molecule has 0 amide bonds. The number of aromatic nitrogens is 2. The monoisotopic (exact) mass is 320 g/mol. The van der Waals surface area contributed by atoms with Gasteiger partial charge in [0.15, 0.2) is 0 Å². The van der Waals surface area contributed by atoms with E-state index in [0.29, 0.717) is 12.3 Å². The van der Waals surface area contributed by atoms with E-state index in [0.717, 1.165) is 16.8 Å². The number of para-hydroxylation sites is 3. The van der Waals surface area contributed by atoms with Crippen molar-refractivity contribution in [2.24, 2.45) is 0 Å². The number of hydrogen-bond acceptors (Lipinski definition) is 5. The molecule has 0 saturated carbocycles. The zero-order valence-electron chi connectivity index (χ0n) is 13.0. The van der Waals surface area contributed by atoms with Gasteiger partial charge in [-0.05, 0) is 30.3 Å². The lowest BCUT2D eigenvalue weighted by Crippen LogP contribution is -2.10. The lowest BCUT2D eigenvalue weighted by atomic mass is 10.3. The van der Waals surface area contributed by atoms with Crippen LogP contribution in [0.25, 0.3) is 17.1 Å². The number of benzene rings is 2. The Balaban J connectivity index is 1.47. The second-order valence-corrected chi connectivity index (χ2v) is 4.95. The summed E-state index contributed by atoms with van der Waals surface area (Å²) in [4.78, 5) is 20.4. The second kappa shape index (κ2) is 7.87. The van der Waals surface area contributed by atoms with E-state index in [1.807, 2.05) is 54.6 Å². The summed E-state index contributed by atoms with van der Waals surface area (Å²) in [6.45, 7) is 0.487. The van der Waals surface area contributed by atoms with Gasteiger partial charge in [0.25, 0.3) is 0 Å². The van der Waals surface area contributed by atoms with E-state index >= 15 is 0 Å². The second-order valence-electron chi connectivity index (χ2n) is 4.95. The zero-order valence-corrected chi connectivity index (χ0v) is 13.0. The van der Waals surface area contributed by atoms with Gasteiger partial charge in [-0.15, -0.1) is 0 Å². The van der Waals surface area contributed by atoms with Gasteiger partial charge in [-0.1, -0.05) is 30.3 Å². The van der Waals surface area contributed by atoms with Crippen LogP contribution in [0.1, 0.15) is 5.69 Å². The maximum absolute atomic E-state index is 11.7. The summed E-state index contributed by atoms with van der Waals surface area (Å²) in [5.41, 5.74) is 2.20. The van der Waals surface area contributed by atoms with Gasteiger partial charge in [0, 0.05) is 6.08 Å². The van der Waals surface area contributed by atoms with Crippen molar-refractivity contribution in [2.45, 2.75) is 0 Å². The summed E-state index contributed by atoms with van der Waals surface area (Å²) >= 11 is 0. The van der Waals surface area contributed by atoms with Crippen molar-refractivity contribution >= 4 is 23.1 Å². The zero-order chi connectivity index (χ0) is 16.6. The molecule has 0 unspecified atom stereocenters. The normalized spacial score (nSPS) is 10.8. The molecule has 0 bridgehead atoms. The highest BCUT2D eigenvalue weighted by Gasteiger charge is 2.00. The molecule has 120 valence electrons. The van der Waals surface area contributed by atoms with E-state index in [1.54, 1.807) is 12.3 Å². The molecule has 1 aromatic heterocycles. The quantitative estimate of drug-likeness (QED) is 0.396. The molecule has 1 heterocycles. The summed E-state index contributed by atoms with van der Waals surface area (Å²) in [6.07, 6.45) is 4.53. The Kier molecular flexibility index (Phi) is 5.14. The van der Waals surface area contributed by atoms with Gasteiger partial charge in [0.1, 0.15) is 19.0 Å². The number of carbonyl (C=O) groups is 1. The molecule has 0 atom stereocenters. The molecule has 0 N–H and O–H groups in total. The van der Waals surface area contributed by atoms with Gasteiger partial charge < -0.3 is 9.47 Å². The van der Waals surface area contributed by atoms with Crippen molar-refractivity contribution in [1.82, 2.24) is 9.97 Å². The van der Waals surface area contributed by atoms with Crippen molar-refractivity contribution in [3.05, 3.63) is 72.6 Å². The molecule has 0 aliphatic heterocycles. The van der Waals surface area contributed by atoms with Crippen LogP contribution in [0.5, 0.6) is 5.75 Å². The lowest BCUT2D eigenvalue weighted by molar-refractivity contribution is -0.138. The lowest BCUT2D eigenvalue weighted by Gasteiger charge is -2.05. The fraction of sp³-hybridized carbons (Fsp3) is 0.105. The van der Waals surface area contributed by atoms with Crippen LogP contribution in [0, 0.1) is 0 Å². The Morgan fingerprint density at radius 2 is 1.71 bits per heavy atom. The van der Waals surface area contributed by atoms with E-state index in [2.05, 4.69) is 9.97 Å². The first-order valence-corrected chi connectivity index (χ1v) is 7.56. The molecular weight excluding hydrogens is 304 g/mol. The van der Waals surface area contributed by atoms with Gasteiger partial charge >= 0.3 is 5.97 Å². The molecule has 0 aliphatic rings. The third-order valence-corrected chi connectivity index (χ3v) is 3.20. The molecule has 2 aromatic carbocycles. The topological polar surface area (TPSA) is 61.3 Å². The maximum atomic E-state index is 11.7. The Morgan fingerprint density at radius 1 is 0.958 bits per heavy atom. The summed E-state index contributed by atoms with van der Waals surface area (Å²) in [6, 6.07) is 16.9. The minimum Gasteiger partial charge on any atom is -0.490 e. The molecule has 24 heavy (non-hydrogen) atoms. The van der Waals surface area contributed by atoms with Gasteiger partial charge in [0.05, 0.1) is 22.9 Å². The number of fused-ring (bicyclic) bond motifs is 1. The van der Waals surface area contributed by atoms with Crippen LogP contribution in [0.15, 0.2) is 66.9 Å². The Hall–Kier alpha value is -3.21. The van der Waals surface area contributed by atoms with Crippen molar-refractivity contribution in [2.75, 3.05) is 13.2 Å². The first-order valence-electron chi connectivity index (χ1n) is 7.56. The Labute approximate surface area is 139 Å². The SMILES string of the molecule is O=C(/C=C/c1cnc2ccccc2n1)OCCOc1ccccc1. The molecule has 0 spiro atoms. The predicted octanol–water partition coefficient (Wildman–Crippen LogP) is 3.27. The van der Waals surface area contributed by atoms with E-state index in [1.165, 1.54) is 6.08 Å². The van der Waals surface area contributed by atoms with Crippen LogP contribution in [0.2, 0.25) is 0 Å². The number of carbonyl (C=O) groups excluding carboxylic acids is 1. The van der Waals surface area contributed by atoms with E-state index in [4.69, 9.17) is 9.47 Å². The third-order valence-electron chi connectivity index (χ3n) is 3.20. The van der Waals surface area contributed by atoms with Gasteiger partial charge in [0.2, 0.25) is 0 Å². The van der Waals surface area contributed by atoms with Crippen LogP contribution in [-0.4, -0.2) is 29.2 Å². The summed E-state index contributed by atoms with van der Waals surface area (Å²) < 4.78 is 10.5. The maximum Gasteiger partial charge on any atom is 0.330 e. The number of rotatable bonds is 6. The molecule has 0 aliphatic carbocycles. The van der Waals surface area contributed by atoms with Crippen molar-refractivity contribution in [3.63, 3.8) is 0 Å². The largest absolute Gasteiger partial charge is 0.490 e.